The molecule has 6 nitrogen and oxygen atoms in total. The number of piperidine rings is 2. The summed E-state index contributed by atoms with van der Waals surface area (Å²) in [6.45, 7) is 11.7. The molecule has 2 N–H and O–H groups in total. The third-order valence-corrected chi connectivity index (χ3v) is 5.76. The highest BCUT2D eigenvalue weighted by molar-refractivity contribution is 5.76. The van der Waals surface area contributed by atoms with Crippen LogP contribution in [0.2, 0.25) is 0 Å². The minimum atomic E-state index is 0.0304. The first-order valence-corrected chi connectivity index (χ1v) is 10.5. The number of nitrogens with one attached hydrogen (secondary N) is 2. The molecule has 0 unspecified atom stereocenters. The SMILES string of the molecule is CC[C@H]1CN(C(=O)NC(C)C)CC[C@H]1CC(=O)NCCN1CCCCC1. The van der Waals surface area contributed by atoms with Crippen LogP contribution in [0.25, 0.3) is 0 Å². The second kappa shape index (κ2) is 10.8. The number of hydrogen-bond donors (Lipinski definition) is 2. The zero-order valence-corrected chi connectivity index (χ0v) is 16.9. The van der Waals surface area contributed by atoms with Gasteiger partial charge in [-0.25, -0.2) is 4.79 Å². The molecule has 150 valence electrons. The predicted octanol–water partition coefficient (Wildman–Crippen LogP) is 2.44. The van der Waals surface area contributed by atoms with Crippen LogP contribution >= 0.6 is 0 Å². The second-order valence-electron chi connectivity index (χ2n) is 8.22. The lowest BCUT2D eigenvalue weighted by Gasteiger charge is -2.38. The number of nitrogens with zero attached hydrogens (tertiary/aromatic N) is 2. The maximum Gasteiger partial charge on any atom is 0.317 e. The highest BCUT2D eigenvalue weighted by atomic mass is 16.2. The van der Waals surface area contributed by atoms with Crippen LogP contribution < -0.4 is 10.6 Å². The van der Waals surface area contributed by atoms with Crippen LogP contribution in [0.15, 0.2) is 0 Å². The first-order chi connectivity index (χ1) is 12.5. The summed E-state index contributed by atoms with van der Waals surface area (Å²) in [5.41, 5.74) is 0. The van der Waals surface area contributed by atoms with Gasteiger partial charge >= 0.3 is 6.03 Å². The topological polar surface area (TPSA) is 64.7 Å². The lowest BCUT2D eigenvalue weighted by molar-refractivity contribution is -0.122. The van der Waals surface area contributed by atoms with Gasteiger partial charge in [0.05, 0.1) is 0 Å². The van der Waals surface area contributed by atoms with Gasteiger partial charge in [-0.3, -0.25) is 4.79 Å². The molecule has 2 fully saturated rings. The van der Waals surface area contributed by atoms with Crippen molar-refractivity contribution in [2.45, 2.75) is 65.3 Å². The standard InChI is InChI=1S/C20H38N4O2/c1-4-17-15-24(20(26)22-16(2)3)12-8-18(17)14-19(25)21-9-13-23-10-6-5-7-11-23/h16-18H,4-15H2,1-3H3,(H,21,25)(H,22,26)/t17-,18-/m0/s1. The van der Waals surface area contributed by atoms with E-state index in [2.05, 4.69) is 22.5 Å². The summed E-state index contributed by atoms with van der Waals surface area (Å²) in [6.07, 6.45) is 6.44. The van der Waals surface area contributed by atoms with E-state index in [9.17, 15) is 9.59 Å². The molecule has 0 saturated carbocycles. The number of urea groups is 1. The van der Waals surface area contributed by atoms with Gasteiger partial charge in [0.25, 0.3) is 0 Å². The molecular formula is C20H38N4O2. The van der Waals surface area contributed by atoms with E-state index in [1.54, 1.807) is 0 Å². The summed E-state index contributed by atoms with van der Waals surface area (Å²) < 4.78 is 0. The van der Waals surface area contributed by atoms with Crippen LogP contribution in [0.3, 0.4) is 0 Å². The molecule has 26 heavy (non-hydrogen) atoms. The first-order valence-electron chi connectivity index (χ1n) is 10.5. The molecule has 0 aromatic carbocycles. The van der Waals surface area contributed by atoms with Crippen molar-refractivity contribution in [2.75, 3.05) is 39.3 Å². The van der Waals surface area contributed by atoms with Crippen molar-refractivity contribution < 1.29 is 9.59 Å². The Morgan fingerprint density at radius 2 is 1.81 bits per heavy atom. The summed E-state index contributed by atoms with van der Waals surface area (Å²) in [7, 11) is 0. The van der Waals surface area contributed by atoms with Crippen LogP contribution in [-0.2, 0) is 4.79 Å². The first kappa shape index (κ1) is 21.0. The Labute approximate surface area is 159 Å². The molecule has 3 amide bonds. The average Bonchev–Trinajstić information content (AvgIpc) is 2.62. The average molecular weight is 367 g/mol. The summed E-state index contributed by atoms with van der Waals surface area (Å²) in [4.78, 5) is 28.9. The number of rotatable bonds is 7. The molecule has 2 aliphatic heterocycles. The summed E-state index contributed by atoms with van der Waals surface area (Å²) in [5, 5.41) is 6.08. The Balaban J connectivity index is 1.70. The lowest BCUT2D eigenvalue weighted by Crippen LogP contribution is -2.50. The van der Waals surface area contributed by atoms with Gasteiger partial charge in [-0.05, 0) is 58.0 Å². The lowest BCUT2D eigenvalue weighted by atomic mass is 9.81. The normalized spacial score (nSPS) is 24.5. The third-order valence-electron chi connectivity index (χ3n) is 5.76. The molecule has 2 rings (SSSR count). The van der Waals surface area contributed by atoms with E-state index in [1.807, 2.05) is 18.7 Å². The largest absolute Gasteiger partial charge is 0.355 e. The molecule has 2 heterocycles. The number of carbonyl (C=O) groups is 2. The van der Waals surface area contributed by atoms with Crippen molar-refractivity contribution in [3.63, 3.8) is 0 Å². The molecule has 0 aromatic rings. The van der Waals surface area contributed by atoms with Crippen LogP contribution in [0.1, 0.15) is 59.3 Å². The van der Waals surface area contributed by atoms with E-state index in [0.29, 0.717) is 18.3 Å². The molecular weight excluding hydrogens is 328 g/mol. The van der Waals surface area contributed by atoms with Crippen LogP contribution in [-0.4, -0.2) is 67.0 Å². The fourth-order valence-electron chi connectivity index (χ4n) is 4.18. The summed E-state index contributed by atoms with van der Waals surface area (Å²) in [6, 6.07) is 0.189. The molecule has 2 saturated heterocycles. The van der Waals surface area contributed by atoms with E-state index in [-0.39, 0.29) is 18.0 Å². The third kappa shape index (κ3) is 6.78. The van der Waals surface area contributed by atoms with Crippen molar-refractivity contribution in [1.29, 1.82) is 0 Å². The second-order valence-corrected chi connectivity index (χ2v) is 8.22. The molecule has 6 heteroatoms. The van der Waals surface area contributed by atoms with Gasteiger partial charge < -0.3 is 20.4 Å². The van der Waals surface area contributed by atoms with Gasteiger partial charge in [0.1, 0.15) is 0 Å². The highest BCUT2D eigenvalue weighted by Crippen LogP contribution is 2.29. The summed E-state index contributed by atoms with van der Waals surface area (Å²) >= 11 is 0. The van der Waals surface area contributed by atoms with E-state index in [0.717, 1.165) is 39.0 Å². The molecule has 0 aliphatic carbocycles. The zero-order chi connectivity index (χ0) is 18.9. The maximum atomic E-state index is 12.4. The van der Waals surface area contributed by atoms with E-state index in [4.69, 9.17) is 0 Å². The fourth-order valence-corrected chi connectivity index (χ4v) is 4.18. The number of amides is 3. The fraction of sp³-hybridized carbons (Fsp3) is 0.900. The molecule has 2 atom stereocenters. The van der Waals surface area contributed by atoms with Crippen LogP contribution in [0, 0.1) is 11.8 Å². The highest BCUT2D eigenvalue weighted by Gasteiger charge is 2.31. The Bertz CT molecular complexity index is 449. The molecule has 0 bridgehead atoms. The Hall–Kier alpha value is -1.30. The maximum absolute atomic E-state index is 12.4. The van der Waals surface area contributed by atoms with Crippen molar-refractivity contribution >= 4 is 11.9 Å². The van der Waals surface area contributed by atoms with Crippen LogP contribution in [0.5, 0.6) is 0 Å². The van der Waals surface area contributed by atoms with Gasteiger partial charge in [-0.1, -0.05) is 19.8 Å². The molecule has 0 aromatic heterocycles. The van der Waals surface area contributed by atoms with E-state index >= 15 is 0 Å². The summed E-state index contributed by atoms with van der Waals surface area (Å²) in [5.74, 6) is 0.970. The van der Waals surface area contributed by atoms with Gasteiger partial charge in [-0.15, -0.1) is 0 Å². The molecule has 0 radical (unpaired) electrons. The van der Waals surface area contributed by atoms with Gasteiger partial charge in [-0.2, -0.15) is 0 Å². The smallest absolute Gasteiger partial charge is 0.317 e. The number of carbonyl (C=O) groups excluding carboxylic acids is 2. The van der Waals surface area contributed by atoms with Gasteiger partial charge in [0.2, 0.25) is 5.91 Å². The Morgan fingerprint density at radius 1 is 1.08 bits per heavy atom. The monoisotopic (exact) mass is 366 g/mol. The zero-order valence-electron chi connectivity index (χ0n) is 16.9. The Kier molecular flexibility index (Phi) is 8.69. The van der Waals surface area contributed by atoms with Crippen molar-refractivity contribution in [1.82, 2.24) is 20.4 Å². The number of likely N-dealkylation sites (tertiary alicyclic amines) is 2. The van der Waals surface area contributed by atoms with Crippen LogP contribution in [0.4, 0.5) is 4.79 Å². The minimum Gasteiger partial charge on any atom is -0.355 e. The minimum absolute atomic E-state index is 0.0304. The quantitative estimate of drug-likeness (QED) is 0.727. The van der Waals surface area contributed by atoms with Gasteiger partial charge in [0.15, 0.2) is 0 Å². The van der Waals surface area contributed by atoms with Gasteiger partial charge in [0, 0.05) is 38.6 Å². The van der Waals surface area contributed by atoms with Crippen molar-refractivity contribution in [3.05, 3.63) is 0 Å². The van der Waals surface area contributed by atoms with E-state index < -0.39 is 0 Å². The molecule has 0 spiro atoms. The van der Waals surface area contributed by atoms with Crippen molar-refractivity contribution in [2.24, 2.45) is 11.8 Å². The number of hydrogen-bond acceptors (Lipinski definition) is 3. The van der Waals surface area contributed by atoms with Crippen molar-refractivity contribution in [3.8, 4) is 0 Å². The predicted molar refractivity (Wildman–Crippen MR) is 105 cm³/mol. The Morgan fingerprint density at radius 3 is 2.46 bits per heavy atom. The van der Waals surface area contributed by atoms with E-state index in [1.165, 1.54) is 32.4 Å². The molecule has 2 aliphatic rings.